The summed E-state index contributed by atoms with van der Waals surface area (Å²) in [4.78, 5) is 23.0. The van der Waals surface area contributed by atoms with Gasteiger partial charge in [-0.05, 0) is 11.8 Å². The lowest BCUT2D eigenvalue weighted by molar-refractivity contribution is -0.124. The van der Waals surface area contributed by atoms with Crippen LogP contribution in [0.5, 0.6) is 0 Å². The number of carbonyl (C=O) groups excluding carboxylic acids is 2. The third kappa shape index (κ3) is 7.27. The summed E-state index contributed by atoms with van der Waals surface area (Å²) in [6, 6.07) is -0.492. The Morgan fingerprint density at radius 2 is 1.78 bits per heavy atom. The van der Waals surface area contributed by atoms with E-state index in [9.17, 15) is 9.59 Å². The highest BCUT2D eigenvalue weighted by molar-refractivity contribution is 5.82. The largest absolute Gasteiger partial charge is 0.356 e. The van der Waals surface area contributed by atoms with Crippen LogP contribution < -0.4 is 16.4 Å². The van der Waals surface area contributed by atoms with E-state index in [0.29, 0.717) is 25.4 Å². The van der Waals surface area contributed by atoms with Crippen LogP contribution in [-0.4, -0.2) is 30.9 Å². The first-order valence-corrected chi connectivity index (χ1v) is 6.68. The zero-order chi connectivity index (χ0) is 14.1. The molecular formula is C13H27N3O2. The van der Waals surface area contributed by atoms with E-state index in [1.165, 1.54) is 0 Å². The van der Waals surface area contributed by atoms with Crippen molar-refractivity contribution >= 4 is 11.8 Å². The Morgan fingerprint density at radius 1 is 1.17 bits per heavy atom. The molecule has 0 aliphatic rings. The lowest BCUT2D eigenvalue weighted by Gasteiger charge is -2.17. The van der Waals surface area contributed by atoms with Crippen LogP contribution in [0.3, 0.4) is 0 Å². The van der Waals surface area contributed by atoms with Gasteiger partial charge in [0.15, 0.2) is 0 Å². The molecule has 5 nitrogen and oxygen atoms in total. The van der Waals surface area contributed by atoms with Gasteiger partial charge in [0, 0.05) is 19.5 Å². The van der Waals surface area contributed by atoms with E-state index < -0.39 is 6.04 Å². The lowest BCUT2D eigenvalue weighted by atomic mass is 9.99. The second-order valence-corrected chi connectivity index (χ2v) is 5.15. The van der Waals surface area contributed by atoms with Crippen LogP contribution in [0.1, 0.15) is 40.5 Å². The molecule has 0 aliphatic carbocycles. The Kier molecular flexibility index (Phi) is 8.37. The van der Waals surface area contributed by atoms with E-state index in [2.05, 4.69) is 10.6 Å². The van der Waals surface area contributed by atoms with Crippen molar-refractivity contribution in [1.29, 1.82) is 0 Å². The van der Waals surface area contributed by atoms with Gasteiger partial charge >= 0.3 is 0 Å². The first-order valence-electron chi connectivity index (χ1n) is 6.68. The van der Waals surface area contributed by atoms with Crippen molar-refractivity contribution in [2.75, 3.05) is 13.1 Å². The molecule has 0 saturated heterocycles. The summed E-state index contributed by atoms with van der Waals surface area (Å²) in [6.07, 6.45) is 1.16. The molecular weight excluding hydrogens is 230 g/mol. The van der Waals surface area contributed by atoms with Crippen molar-refractivity contribution in [3.63, 3.8) is 0 Å². The molecule has 0 heterocycles. The number of carbonyl (C=O) groups is 2. The van der Waals surface area contributed by atoms with Gasteiger partial charge in [-0.25, -0.2) is 0 Å². The molecule has 0 radical (unpaired) electrons. The summed E-state index contributed by atoms with van der Waals surface area (Å²) < 4.78 is 0. The molecule has 0 fully saturated rings. The summed E-state index contributed by atoms with van der Waals surface area (Å²) in [5.74, 6) is 0.365. The zero-order valence-electron chi connectivity index (χ0n) is 12.0. The monoisotopic (exact) mass is 257 g/mol. The minimum absolute atomic E-state index is 0.0406. The van der Waals surface area contributed by atoms with Gasteiger partial charge in [-0.3, -0.25) is 9.59 Å². The highest BCUT2D eigenvalue weighted by Gasteiger charge is 2.18. The molecule has 106 valence electrons. The average molecular weight is 257 g/mol. The lowest BCUT2D eigenvalue weighted by Crippen LogP contribution is -2.45. The van der Waals surface area contributed by atoms with Crippen LogP contribution in [0.4, 0.5) is 0 Å². The summed E-state index contributed by atoms with van der Waals surface area (Å²) in [6.45, 7) is 9.02. The Balaban J connectivity index is 3.77. The molecule has 2 atom stereocenters. The summed E-state index contributed by atoms with van der Waals surface area (Å²) in [5, 5.41) is 5.49. The topological polar surface area (TPSA) is 84.2 Å². The van der Waals surface area contributed by atoms with E-state index >= 15 is 0 Å². The molecule has 0 spiro atoms. The van der Waals surface area contributed by atoms with Crippen molar-refractivity contribution in [2.24, 2.45) is 17.6 Å². The molecule has 0 aromatic carbocycles. The molecule has 4 N–H and O–H groups in total. The van der Waals surface area contributed by atoms with Crippen molar-refractivity contribution < 1.29 is 9.59 Å². The van der Waals surface area contributed by atoms with Crippen LogP contribution >= 0.6 is 0 Å². The first-order chi connectivity index (χ1) is 8.38. The third-order valence-corrected chi connectivity index (χ3v) is 2.92. The molecule has 0 aliphatic heterocycles. The molecule has 2 amide bonds. The van der Waals surface area contributed by atoms with Gasteiger partial charge in [-0.15, -0.1) is 0 Å². The van der Waals surface area contributed by atoms with Gasteiger partial charge in [0.25, 0.3) is 0 Å². The Labute approximate surface area is 110 Å². The van der Waals surface area contributed by atoms with Gasteiger partial charge < -0.3 is 16.4 Å². The molecule has 5 heteroatoms. The quantitative estimate of drug-likeness (QED) is 0.596. The second kappa shape index (κ2) is 8.91. The van der Waals surface area contributed by atoms with Gasteiger partial charge in [0.05, 0.1) is 6.04 Å². The minimum Gasteiger partial charge on any atom is -0.356 e. The van der Waals surface area contributed by atoms with Crippen LogP contribution in [0.2, 0.25) is 0 Å². The fourth-order valence-electron chi connectivity index (χ4n) is 1.34. The maximum atomic E-state index is 11.6. The standard InChI is InChI=1S/C13H27N3O2/c1-5-10(4)12(14)13(18)15-7-6-11(17)16-8-9(2)3/h9-10,12H,5-8,14H2,1-4H3,(H,15,18)(H,16,17)/t10?,12-/m0/s1. The minimum atomic E-state index is -0.492. The van der Waals surface area contributed by atoms with Gasteiger partial charge in [-0.1, -0.05) is 34.1 Å². The van der Waals surface area contributed by atoms with E-state index in [1.54, 1.807) is 0 Å². The van der Waals surface area contributed by atoms with Crippen molar-refractivity contribution in [2.45, 2.75) is 46.6 Å². The summed E-state index contributed by atoms with van der Waals surface area (Å²) in [5.41, 5.74) is 5.77. The number of hydrogen-bond donors (Lipinski definition) is 3. The predicted molar refractivity (Wildman–Crippen MR) is 72.9 cm³/mol. The highest BCUT2D eigenvalue weighted by atomic mass is 16.2. The van der Waals surface area contributed by atoms with Gasteiger partial charge in [0.2, 0.25) is 11.8 Å². The van der Waals surface area contributed by atoms with Crippen molar-refractivity contribution in [3.8, 4) is 0 Å². The van der Waals surface area contributed by atoms with Crippen LogP contribution in [0.25, 0.3) is 0 Å². The molecule has 0 aromatic rings. The van der Waals surface area contributed by atoms with Crippen molar-refractivity contribution in [3.05, 3.63) is 0 Å². The summed E-state index contributed by atoms with van der Waals surface area (Å²) >= 11 is 0. The van der Waals surface area contributed by atoms with E-state index in [0.717, 1.165) is 6.42 Å². The van der Waals surface area contributed by atoms with E-state index in [1.807, 2.05) is 27.7 Å². The highest BCUT2D eigenvalue weighted by Crippen LogP contribution is 2.04. The van der Waals surface area contributed by atoms with Crippen LogP contribution in [-0.2, 0) is 9.59 Å². The molecule has 1 unspecified atom stereocenters. The maximum Gasteiger partial charge on any atom is 0.237 e. The Bertz CT molecular complexity index is 267. The smallest absolute Gasteiger partial charge is 0.237 e. The number of nitrogens with two attached hydrogens (primary N) is 1. The van der Waals surface area contributed by atoms with Crippen molar-refractivity contribution in [1.82, 2.24) is 10.6 Å². The Hall–Kier alpha value is -1.10. The molecule has 0 rings (SSSR count). The molecule has 18 heavy (non-hydrogen) atoms. The predicted octanol–water partition coefficient (Wildman–Crippen LogP) is 0.638. The molecule has 0 aromatic heterocycles. The number of amides is 2. The fourth-order valence-corrected chi connectivity index (χ4v) is 1.34. The van der Waals surface area contributed by atoms with Crippen LogP contribution in [0.15, 0.2) is 0 Å². The zero-order valence-corrected chi connectivity index (χ0v) is 12.0. The fraction of sp³-hybridized carbons (Fsp3) is 0.846. The number of rotatable bonds is 8. The maximum absolute atomic E-state index is 11.6. The molecule has 0 saturated carbocycles. The van der Waals surface area contributed by atoms with Gasteiger partial charge in [-0.2, -0.15) is 0 Å². The van der Waals surface area contributed by atoms with E-state index in [-0.39, 0.29) is 17.7 Å². The normalized spacial score (nSPS) is 14.1. The number of hydrogen-bond acceptors (Lipinski definition) is 3. The van der Waals surface area contributed by atoms with E-state index in [4.69, 9.17) is 5.73 Å². The first kappa shape index (κ1) is 16.9. The number of nitrogens with one attached hydrogen (secondary N) is 2. The molecule has 0 bridgehead atoms. The Morgan fingerprint density at radius 3 is 2.28 bits per heavy atom. The average Bonchev–Trinajstić information content (AvgIpc) is 2.34. The summed E-state index contributed by atoms with van der Waals surface area (Å²) in [7, 11) is 0. The second-order valence-electron chi connectivity index (χ2n) is 5.15. The third-order valence-electron chi connectivity index (χ3n) is 2.92. The van der Waals surface area contributed by atoms with Gasteiger partial charge in [0.1, 0.15) is 0 Å². The SMILES string of the molecule is CCC(C)[C@H](N)C(=O)NCCC(=O)NCC(C)C. The van der Waals surface area contributed by atoms with Crippen LogP contribution in [0, 0.1) is 11.8 Å².